The lowest BCUT2D eigenvalue weighted by Crippen LogP contribution is -2.57. The number of nitrogens with zero attached hydrogens (tertiary/aromatic N) is 9. The quantitative estimate of drug-likeness (QED) is 0.225. The van der Waals surface area contributed by atoms with Gasteiger partial charge in [-0.3, -0.25) is 4.90 Å². The third kappa shape index (κ3) is 5.07. The van der Waals surface area contributed by atoms with Crippen molar-refractivity contribution in [3.05, 3.63) is 52.6 Å². The average Bonchev–Trinajstić information content (AvgIpc) is 3.92. The zero-order chi connectivity index (χ0) is 36.1. The Kier molecular flexibility index (Phi) is 7.76. The predicted octanol–water partition coefficient (Wildman–Crippen LogP) is 6.07. The van der Waals surface area contributed by atoms with Crippen LogP contribution >= 0.6 is 22.9 Å². The van der Waals surface area contributed by atoms with E-state index in [1.54, 1.807) is 13.0 Å². The number of carbonyl (C=O) groups excluding carboxylic acids is 1. The highest BCUT2D eigenvalue weighted by Crippen LogP contribution is 2.47. The summed E-state index contributed by atoms with van der Waals surface area (Å²) in [6, 6.07) is 5.47. The summed E-state index contributed by atoms with van der Waals surface area (Å²) in [5.74, 6) is -0.528. The second-order valence-electron chi connectivity index (χ2n) is 14.1. The van der Waals surface area contributed by atoms with Crippen LogP contribution < -0.4 is 15.4 Å². The van der Waals surface area contributed by atoms with Crippen LogP contribution in [0.3, 0.4) is 0 Å². The van der Waals surface area contributed by atoms with Crippen molar-refractivity contribution in [3.63, 3.8) is 0 Å². The molecule has 2 aromatic carbocycles. The Labute approximate surface area is 304 Å². The van der Waals surface area contributed by atoms with Gasteiger partial charge in [0.15, 0.2) is 5.82 Å². The number of ether oxygens (including phenoxy) is 1. The van der Waals surface area contributed by atoms with E-state index in [-0.39, 0.29) is 73.0 Å². The number of thiophene rings is 1. The number of aromatic nitrogens is 5. The Hall–Kier alpha value is -4.72. The number of fused-ring (bicyclic) bond motifs is 5. The van der Waals surface area contributed by atoms with Crippen LogP contribution in [0.2, 0.25) is 5.02 Å². The molecule has 12 nitrogen and oxygen atoms in total. The maximum absolute atomic E-state index is 17.2. The molecule has 4 fully saturated rings. The second kappa shape index (κ2) is 12.2. The van der Waals surface area contributed by atoms with Crippen molar-refractivity contribution >= 4 is 60.8 Å². The highest BCUT2D eigenvalue weighted by Gasteiger charge is 2.50. The first-order valence-electron chi connectivity index (χ1n) is 17.1. The highest BCUT2D eigenvalue weighted by molar-refractivity contribution is 7.23. The fourth-order valence-electron chi connectivity index (χ4n) is 8.81. The van der Waals surface area contributed by atoms with Gasteiger partial charge >= 0.3 is 12.0 Å². The molecule has 9 rings (SSSR count). The van der Waals surface area contributed by atoms with Gasteiger partial charge in [0.05, 0.1) is 32.9 Å². The number of halogens is 4. The monoisotopic (exact) mass is 748 g/mol. The summed E-state index contributed by atoms with van der Waals surface area (Å²) in [5.41, 5.74) is 5.66. The number of nitrogen functional groups attached to an aromatic ring is 1. The van der Waals surface area contributed by atoms with Crippen LogP contribution in [-0.2, 0) is 0 Å². The minimum absolute atomic E-state index is 0.00357. The molecule has 52 heavy (non-hydrogen) atoms. The number of hydrogen-bond acceptors (Lipinski definition) is 11. The Morgan fingerprint density at radius 1 is 1.21 bits per heavy atom. The summed E-state index contributed by atoms with van der Waals surface area (Å²) in [6.07, 6.45) is 3.95. The van der Waals surface area contributed by atoms with Gasteiger partial charge in [-0.2, -0.15) is 19.9 Å². The first-order chi connectivity index (χ1) is 25.0. The van der Waals surface area contributed by atoms with Crippen LogP contribution in [0.25, 0.3) is 32.1 Å². The fraction of sp³-hybridized carbons (Fsp3) is 0.429. The number of piperazine rings is 1. The highest BCUT2D eigenvalue weighted by atomic mass is 35.5. The number of anilines is 2. The standard InChI is InChI=1S/C35H32ClF3N10O2S/c1-17-42-16-48(45-17)34(50)49-19-3-4-20(49)14-46(13-19)32-22-9-24(36)27(21-5-6-25(38)30-26(21)23(11-40)31(41)52-30)28(39)29(22)43-33(44-32)51-15-35-7-2-8-47(35)12-18(37)10-35/h5-6,9,16,18-20H,2-4,7-8,10,12-15,41H2,1H3/t18-,19?,20?,35+/m1/s1. The van der Waals surface area contributed by atoms with E-state index in [0.29, 0.717) is 43.1 Å². The maximum atomic E-state index is 17.2. The number of aryl methyl sites for hydroxylation is 1. The molecule has 2 N–H and O–H groups in total. The molecule has 5 aromatic rings. The van der Waals surface area contributed by atoms with Crippen LogP contribution in [-0.4, -0.2) is 97.1 Å². The molecular formula is C35H32ClF3N10O2S. The van der Waals surface area contributed by atoms with E-state index in [4.69, 9.17) is 27.1 Å². The molecule has 4 atom stereocenters. The van der Waals surface area contributed by atoms with E-state index in [9.17, 15) is 18.8 Å². The van der Waals surface area contributed by atoms with Crippen LogP contribution in [0.4, 0.5) is 28.8 Å². The zero-order valence-corrected chi connectivity index (χ0v) is 29.5. The predicted molar refractivity (Wildman–Crippen MR) is 189 cm³/mol. The van der Waals surface area contributed by atoms with Gasteiger partial charge in [-0.15, -0.1) is 16.4 Å². The zero-order valence-electron chi connectivity index (χ0n) is 28.0. The van der Waals surface area contributed by atoms with Gasteiger partial charge in [0.25, 0.3) is 0 Å². The minimum atomic E-state index is -0.966. The molecule has 2 unspecified atom stereocenters. The summed E-state index contributed by atoms with van der Waals surface area (Å²) in [5, 5.41) is 14.7. The second-order valence-corrected chi connectivity index (χ2v) is 15.6. The lowest BCUT2D eigenvalue weighted by Gasteiger charge is -2.41. The van der Waals surface area contributed by atoms with Gasteiger partial charge in [-0.05, 0) is 56.8 Å². The number of nitrogens with two attached hydrogens (primary N) is 1. The van der Waals surface area contributed by atoms with Crippen molar-refractivity contribution in [1.82, 2.24) is 34.5 Å². The molecule has 2 bridgehead atoms. The van der Waals surface area contributed by atoms with Gasteiger partial charge in [-0.25, -0.2) is 22.9 Å². The van der Waals surface area contributed by atoms with Gasteiger partial charge in [0.1, 0.15) is 53.2 Å². The molecule has 4 saturated heterocycles. The number of benzene rings is 2. The van der Waals surface area contributed by atoms with Crippen molar-refractivity contribution < 1.29 is 22.7 Å². The third-order valence-electron chi connectivity index (χ3n) is 11.1. The molecule has 0 spiro atoms. The number of hydrogen-bond donors (Lipinski definition) is 1. The Balaban J connectivity index is 1.16. The molecular weight excluding hydrogens is 717 g/mol. The fourth-order valence-corrected chi connectivity index (χ4v) is 10.1. The van der Waals surface area contributed by atoms with Gasteiger partial charge in [-0.1, -0.05) is 17.7 Å². The molecule has 17 heteroatoms. The van der Waals surface area contributed by atoms with Crippen LogP contribution in [0.5, 0.6) is 6.01 Å². The Bertz CT molecular complexity index is 2330. The average molecular weight is 749 g/mol. The number of carbonyl (C=O) groups is 1. The summed E-state index contributed by atoms with van der Waals surface area (Å²) in [7, 11) is 0. The first-order valence-corrected chi connectivity index (χ1v) is 18.3. The van der Waals surface area contributed by atoms with E-state index in [1.165, 1.54) is 23.1 Å². The number of alkyl halides is 1. The van der Waals surface area contributed by atoms with Gasteiger partial charge in [0.2, 0.25) is 0 Å². The summed E-state index contributed by atoms with van der Waals surface area (Å²) in [6.45, 7) is 3.74. The molecule has 0 radical (unpaired) electrons. The van der Waals surface area contributed by atoms with E-state index in [0.717, 1.165) is 43.6 Å². The molecule has 268 valence electrons. The molecule has 1 amide bonds. The SMILES string of the molecule is Cc1ncn(C(=O)N2C3CCC2CN(c2nc(OC[C@@]45CCCN4C[C@H](F)C5)nc4c(F)c(-c5ccc(F)c6sc(N)c(C#N)c56)c(Cl)cc24)C3)n1. The summed E-state index contributed by atoms with van der Waals surface area (Å²) in [4.78, 5) is 33.0. The topological polar surface area (TPSA) is 142 Å². The number of amides is 1. The van der Waals surface area contributed by atoms with Crippen molar-refractivity contribution in [1.29, 1.82) is 5.26 Å². The molecule has 0 aliphatic carbocycles. The molecule has 0 saturated carbocycles. The van der Waals surface area contributed by atoms with Crippen molar-refractivity contribution in [2.75, 3.05) is 43.4 Å². The summed E-state index contributed by atoms with van der Waals surface area (Å²) >= 11 is 7.81. The van der Waals surface area contributed by atoms with Crippen molar-refractivity contribution in [3.8, 4) is 23.2 Å². The van der Waals surface area contributed by atoms with E-state index < -0.39 is 23.3 Å². The molecule has 4 aliphatic rings. The smallest absolute Gasteiger partial charge is 0.346 e. The molecule has 4 aliphatic heterocycles. The summed E-state index contributed by atoms with van der Waals surface area (Å²) < 4.78 is 54.4. The van der Waals surface area contributed by atoms with Crippen LogP contribution in [0, 0.1) is 29.9 Å². The van der Waals surface area contributed by atoms with E-state index in [2.05, 4.69) is 20.0 Å². The van der Waals surface area contributed by atoms with Crippen molar-refractivity contribution in [2.24, 2.45) is 0 Å². The number of nitriles is 1. The minimum Gasteiger partial charge on any atom is -0.461 e. The molecule has 7 heterocycles. The number of rotatable bonds is 5. The van der Waals surface area contributed by atoms with E-state index in [1.807, 2.05) is 15.9 Å². The van der Waals surface area contributed by atoms with Crippen LogP contribution in [0.1, 0.15) is 43.5 Å². The van der Waals surface area contributed by atoms with Crippen molar-refractivity contribution in [2.45, 2.75) is 62.8 Å². The molecule has 3 aromatic heterocycles. The third-order valence-corrected chi connectivity index (χ3v) is 12.4. The van der Waals surface area contributed by atoms with Crippen LogP contribution in [0.15, 0.2) is 24.5 Å². The van der Waals surface area contributed by atoms with Gasteiger partial charge in [0, 0.05) is 42.4 Å². The Morgan fingerprint density at radius 2 is 2.00 bits per heavy atom. The van der Waals surface area contributed by atoms with E-state index >= 15 is 4.39 Å². The lowest BCUT2D eigenvalue weighted by atomic mass is 9.95. The normalized spacial score (nSPS) is 24.3. The largest absolute Gasteiger partial charge is 0.461 e. The Morgan fingerprint density at radius 3 is 2.73 bits per heavy atom. The van der Waals surface area contributed by atoms with Gasteiger partial charge < -0.3 is 20.3 Å². The first kappa shape index (κ1) is 33.1. The lowest BCUT2D eigenvalue weighted by molar-refractivity contribution is 0.107. The maximum Gasteiger partial charge on any atom is 0.346 e.